The molecule has 14 nitrogen and oxygen atoms in total. The van der Waals surface area contributed by atoms with Gasteiger partial charge in [0.25, 0.3) is 11.8 Å². The highest BCUT2D eigenvalue weighted by Gasteiger charge is 2.55. The number of halogens is 1. The van der Waals surface area contributed by atoms with E-state index in [0.717, 1.165) is 27.1 Å². The molecule has 0 bridgehead atoms. The molecule has 3 aromatic rings. The van der Waals surface area contributed by atoms with Crippen molar-refractivity contribution in [2.45, 2.75) is 31.0 Å². The minimum absolute atomic E-state index is 0.00310. The Morgan fingerprint density at radius 1 is 1.37 bits per heavy atom. The fourth-order valence-electron chi connectivity index (χ4n) is 4.41. The number of nitrogens with one attached hydrogen (secondary N) is 1. The van der Waals surface area contributed by atoms with E-state index in [-0.39, 0.29) is 27.4 Å². The maximum atomic E-state index is 13.2. The Morgan fingerprint density at radius 3 is 2.78 bits per heavy atom. The molecule has 3 atom stereocenters. The predicted octanol–water partition coefficient (Wildman–Crippen LogP) is 0.791. The van der Waals surface area contributed by atoms with E-state index in [4.69, 9.17) is 27.3 Å². The number of carbonyl (C=O) groups is 4. The molecule has 5 N–H and O–H groups in total. The lowest BCUT2D eigenvalue weighted by Crippen LogP contribution is -2.71. The summed E-state index contributed by atoms with van der Waals surface area (Å²) in [6, 6.07) is 2.81. The number of hydrogen-bond acceptors (Lipinski definition) is 10. The van der Waals surface area contributed by atoms with Gasteiger partial charge in [0.15, 0.2) is 29.8 Å². The van der Waals surface area contributed by atoms with Gasteiger partial charge in [-0.15, -0.1) is 11.8 Å². The number of anilines is 1. The number of carboxylic acid groups (broad SMARTS) is 2. The molecule has 1 unspecified atom stereocenters. The quantitative estimate of drug-likeness (QED) is 0.115. The molecule has 0 radical (unpaired) electrons. The first-order valence-electron chi connectivity index (χ1n) is 12.0. The van der Waals surface area contributed by atoms with Crippen LogP contribution >= 0.6 is 34.7 Å². The third-order valence-corrected chi connectivity index (χ3v) is 8.91. The minimum Gasteiger partial charge on any atom is -0.478 e. The number of fused-ring (bicyclic) bond motifs is 2. The van der Waals surface area contributed by atoms with Crippen LogP contribution in [0.5, 0.6) is 0 Å². The smallest absolute Gasteiger partial charge is 0.352 e. The molecule has 5 heterocycles. The Bertz CT molecular complexity index is 1670. The van der Waals surface area contributed by atoms with Crippen molar-refractivity contribution in [1.82, 2.24) is 19.8 Å². The topological polar surface area (TPSA) is 193 Å². The first kappa shape index (κ1) is 28.4. The zero-order chi connectivity index (χ0) is 29.6. The van der Waals surface area contributed by atoms with Gasteiger partial charge in [-0.25, -0.2) is 14.6 Å². The fraction of sp³-hybridized carbons (Fsp3) is 0.292. The number of pyridine rings is 1. The Kier molecular flexibility index (Phi) is 7.63. The van der Waals surface area contributed by atoms with Gasteiger partial charge in [-0.1, -0.05) is 28.1 Å². The minimum atomic E-state index is -1.40. The number of nitrogens with zero attached hydrogens (tertiary/aromatic N) is 5. The second kappa shape index (κ2) is 11.0. The molecule has 0 aromatic carbocycles. The normalized spacial score (nSPS) is 19.5. The number of β-lactam (4-membered cyclic amide) rings is 1. The first-order chi connectivity index (χ1) is 19.5. The van der Waals surface area contributed by atoms with E-state index in [2.05, 4.69) is 15.5 Å². The molecule has 2 aliphatic rings. The number of hydrogen-bond donors (Lipinski definition) is 4. The summed E-state index contributed by atoms with van der Waals surface area (Å²) >= 11 is 8.31. The van der Waals surface area contributed by atoms with Crippen LogP contribution < -0.4 is 15.6 Å². The second-order valence-corrected chi connectivity index (χ2v) is 11.9. The standard InChI is InChI=1S/C24H22ClN7O7S2/c1-10(22(35)36)39-29-15(14-18(25)41-24(26)28-14)19(33)27-16-20(34)32-17(23(37)38)12(9-40-21(16)32)7-31-6-4-11-3-5-30(2)13(11)8-31/h3-6,8,10,16,21H,7,9H2,1-2H3,(H4-,26,27,28,33,35,36,37,38)/p+1/b29-15-/t10-,16+,21?/m0/s1. The predicted molar refractivity (Wildman–Crippen MR) is 149 cm³/mol. The lowest BCUT2D eigenvalue weighted by atomic mass is 10.0. The van der Waals surface area contributed by atoms with Crippen molar-refractivity contribution in [3.8, 4) is 0 Å². The fourth-order valence-corrected chi connectivity index (χ4v) is 6.67. The van der Waals surface area contributed by atoms with E-state index in [1.165, 1.54) is 18.7 Å². The van der Waals surface area contributed by atoms with Gasteiger partial charge in [-0.2, -0.15) is 4.57 Å². The molecule has 41 heavy (non-hydrogen) atoms. The number of carboxylic acids is 2. The van der Waals surface area contributed by atoms with Crippen molar-refractivity contribution in [3.63, 3.8) is 0 Å². The summed E-state index contributed by atoms with van der Waals surface area (Å²) in [5.74, 6) is -3.84. The molecule has 0 aliphatic carbocycles. The molecule has 1 fully saturated rings. The summed E-state index contributed by atoms with van der Waals surface area (Å²) in [7, 11) is 1.91. The Morgan fingerprint density at radius 2 is 2.12 bits per heavy atom. The molecular weight excluding hydrogens is 598 g/mol. The van der Waals surface area contributed by atoms with Gasteiger partial charge < -0.3 is 30.7 Å². The van der Waals surface area contributed by atoms with Gasteiger partial charge in [0.05, 0.1) is 0 Å². The molecule has 3 aromatic heterocycles. The molecule has 17 heteroatoms. The molecule has 1 saturated heterocycles. The SMILES string of the molecule is C[C@H](O/N=C(\C(=O)N[C@@H]1C(=O)N2C(C(=O)O)=C(C[n+]3ccc4ccn(C)c4c3)CSC12)c1nc(N)sc1Cl)C(=O)O. The zero-order valence-electron chi connectivity index (χ0n) is 21.5. The van der Waals surface area contributed by atoms with E-state index in [0.29, 0.717) is 11.3 Å². The number of aryl methyl sites for hydroxylation is 1. The van der Waals surface area contributed by atoms with E-state index in [1.54, 1.807) is 0 Å². The van der Waals surface area contributed by atoms with Crippen LogP contribution in [0.1, 0.15) is 12.6 Å². The van der Waals surface area contributed by atoms with Gasteiger partial charge in [0.1, 0.15) is 32.7 Å². The number of rotatable bonds is 9. The van der Waals surface area contributed by atoms with Crippen LogP contribution in [0.15, 0.2) is 47.1 Å². The molecule has 214 valence electrons. The van der Waals surface area contributed by atoms with E-state index >= 15 is 0 Å². The number of thioether (sulfide) groups is 1. The van der Waals surface area contributed by atoms with Crippen molar-refractivity contribution >= 4 is 80.2 Å². The van der Waals surface area contributed by atoms with E-state index in [9.17, 15) is 24.3 Å². The van der Waals surface area contributed by atoms with Crippen molar-refractivity contribution in [2.75, 3.05) is 11.5 Å². The lowest BCUT2D eigenvalue weighted by Gasteiger charge is -2.49. The summed E-state index contributed by atoms with van der Waals surface area (Å²) in [4.78, 5) is 59.9. The van der Waals surface area contributed by atoms with Crippen LogP contribution in [0.4, 0.5) is 5.13 Å². The number of carbonyl (C=O) groups excluding carboxylic acids is 2. The van der Waals surface area contributed by atoms with Crippen LogP contribution in [-0.4, -0.2) is 77.4 Å². The Labute approximate surface area is 245 Å². The lowest BCUT2D eigenvalue weighted by molar-refractivity contribution is -0.687. The first-order valence-corrected chi connectivity index (χ1v) is 14.2. The molecule has 2 amide bonds. The number of aliphatic carboxylic acids is 2. The number of oxime groups is 1. The van der Waals surface area contributed by atoms with Crippen LogP contribution in [0.25, 0.3) is 10.9 Å². The van der Waals surface area contributed by atoms with Crippen LogP contribution in [0.3, 0.4) is 0 Å². The highest BCUT2D eigenvalue weighted by molar-refractivity contribution is 8.00. The number of aromatic nitrogens is 3. The van der Waals surface area contributed by atoms with Crippen molar-refractivity contribution in [1.29, 1.82) is 0 Å². The molecule has 0 saturated carbocycles. The maximum Gasteiger partial charge on any atom is 0.352 e. The third kappa shape index (κ3) is 5.32. The molecule has 0 spiro atoms. The van der Waals surface area contributed by atoms with E-state index in [1.807, 2.05) is 46.9 Å². The van der Waals surface area contributed by atoms with Crippen LogP contribution in [0, 0.1) is 0 Å². The average Bonchev–Trinajstić information content (AvgIpc) is 3.46. The number of thiazole rings is 1. The van der Waals surface area contributed by atoms with Crippen LogP contribution in [0.2, 0.25) is 4.34 Å². The van der Waals surface area contributed by atoms with Gasteiger partial charge in [0, 0.05) is 36.0 Å². The summed E-state index contributed by atoms with van der Waals surface area (Å²) in [5.41, 5.74) is 6.43. The van der Waals surface area contributed by atoms with Gasteiger partial charge in [0.2, 0.25) is 6.10 Å². The van der Waals surface area contributed by atoms with Crippen molar-refractivity contribution in [2.24, 2.45) is 12.2 Å². The Balaban J connectivity index is 1.37. The van der Waals surface area contributed by atoms with Gasteiger partial charge >= 0.3 is 11.9 Å². The van der Waals surface area contributed by atoms with Crippen molar-refractivity contribution < 1.29 is 38.8 Å². The maximum absolute atomic E-state index is 13.2. The molecular formula is C24H23ClN7O7S2+. The summed E-state index contributed by atoms with van der Waals surface area (Å²) in [6.07, 6.45) is 4.28. The molecule has 5 rings (SSSR count). The average molecular weight is 621 g/mol. The van der Waals surface area contributed by atoms with Gasteiger partial charge in [-0.3, -0.25) is 14.5 Å². The summed E-state index contributed by atoms with van der Waals surface area (Å²) < 4.78 is 3.81. The molecule has 2 aliphatic heterocycles. The second-order valence-electron chi connectivity index (χ2n) is 9.20. The van der Waals surface area contributed by atoms with Gasteiger partial charge in [-0.05, 0) is 13.0 Å². The monoisotopic (exact) mass is 620 g/mol. The van der Waals surface area contributed by atoms with Crippen LogP contribution in [-0.2, 0) is 37.6 Å². The number of amides is 2. The Hall–Kier alpha value is -4.15. The number of nitrogen functional groups attached to an aromatic ring is 1. The highest BCUT2D eigenvalue weighted by Crippen LogP contribution is 2.40. The van der Waals surface area contributed by atoms with E-state index < -0.39 is 47.0 Å². The highest BCUT2D eigenvalue weighted by atomic mass is 35.5. The largest absolute Gasteiger partial charge is 0.478 e. The summed E-state index contributed by atoms with van der Waals surface area (Å²) in [5, 5.41) is 25.7. The third-order valence-electron chi connectivity index (χ3n) is 6.49. The number of nitrogens with two attached hydrogens (primary N) is 1. The summed E-state index contributed by atoms with van der Waals surface area (Å²) in [6.45, 7) is 1.46. The zero-order valence-corrected chi connectivity index (χ0v) is 23.9. The van der Waals surface area contributed by atoms with Crippen molar-refractivity contribution in [3.05, 3.63) is 52.0 Å².